The van der Waals surface area contributed by atoms with Crippen molar-refractivity contribution < 1.29 is 4.39 Å². The predicted molar refractivity (Wildman–Crippen MR) is 93.2 cm³/mol. The Balaban J connectivity index is 2.15. The van der Waals surface area contributed by atoms with Crippen molar-refractivity contribution in [2.45, 2.75) is 38.6 Å². The number of anilines is 1. The molecule has 1 N–H and O–H groups in total. The van der Waals surface area contributed by atoms with Crippen LogP contribution < -0.4 is 16.1 Å². The number of benzene rings is 1. The van der Waals surface area contributed by atoms with Crippen LogP contribution in [0.15, 0.2) is 21.7 Å². The molecule has 1 aromatic heterocycles. The molecule has 4 rings (SSSR count). The van der Waals surface area contributed by atoms with Crippen LogP contribution in [0.25, 0.3) is 17.0 Å². The van der Waals surface area contributed by atoms with Crippen molar-refractivity contribution in [3.8, 4) is 0 Å². The maximum Gasteiger partial charge on any atom is 0.329 e. The van der Waals surface area contributed by atoms with Crippen molar-refractivity contribution in [2.75, 3.05) is 18.0 Å². The summed E-state index contributed by atoms with van der Waals surface area (Å²) in [7, 11) is 0. The predicted octanol–water partition coefficient (Wildman–Crippen LogP) is 2.80. The summed E-state index contributed by atoms with van der Waals surface area (Å²) in [6, 6.07) is 1.38. The normalized spacial score (nSPS) is 18.2. The molecule has 0 amide bonds. The summed E-state index contributed by atoms with van der Waals surface area (Å²) in [4.78, 5) is 29.0. The van der Waals surface area contributed by atoms with Gasteiger partial charge >= 0.3 is 5.69 Å². The van der Waals surface area contributed by atoms with Gasteiger partial charge < -0.3 is 4.90 Å². The third kappa shape index (κ3) is 2.28. The van der Waals surface area contributed by atoms with E-state index in [9.17, 15) is 14.0 Å². The van der Waals surface area contributed by atoms with Gasteiger partial charge in [0.2, 0.25) is 0 Å². The average molecular weight is 329 g/mol. The Hall–Kier alpha value is -2.37. The lowest BCUT2D eigenvalue weighted by atomic mass is 10.1. The van der Waals surface area contributed by atoms with E-state index in [4.69, 9.17) is 0 Å². The topological polar surface area (TPSA) is 58.1 Å². The second kappa shape index (κ2) is 5.61. The third-order valence-corrected chi connectivity index (χ3v) is 4.86. The summed E-state index contributed by atoms with van der Waals surface area (Å²) in [6.07, 6.45) is 7.52. The largest absolute Gasteiger partial charge is 0.369 e. The highest BCUT2D eigenvalue weighted by Crippen LogP contribution is 2.39. The van der Waals surface area contributed by atoms with Crippen molar-refractivity contribution in [3.05, 3.63) is 44.4 Å². The highest BCUT2D eigenvalue weighted by atomic mass is 19.1. The minimum atomic E-state index is -0.524. The number of hydrogen-bond acceptors (Lipinski definition) is 3. The Labute approximate surface area is 138 Å². The first-order chi connectivity index (χ1) is 11.6. The van der Waals surface area contributed by atoms with E-state index in [1.54, 1.807) is 4.57 Å². The van der Waals surface area contributed by atoms with Gasteiger partial charge in [0.1, 0.15) is 5.82 Å². The Bertz CT molecular complexity index is 947. The summed E-state index contributed by atoms with van der Waals surface area (Å²) < 4.78 is 16.5. The molecule has 1 aliphatic carbocycles. The SMILES string of the molecule is C/C=C\c1c(N2CCCC2)c(F)cc2c(=O)[nH]c(=O)n(C3CC3)c12. The van der Waals surface area contributed by atoms with Crippen LogP contribution in [-0.4, -0.2) is 22.6 Å². The maximum atomic E-state index is 14.9. The number of rotatable bonds is 3. The molecule has 126 valence electrons. The molecule has 1 aliphatic heterocycles. The van der Waals surface area contributed by atoms with Gasteiger partial charge in [-0.05, 0) is 38.7 Å². The maximum absolute atomic E-state index is 14.9. The molecule has 24 heavy (non-hydrogen) atoms. The van der Waals surface area contributed by atoms with Gasteiger partial charge in [-0.25, -0.2) is 9.18 Å². The highest BCUT2D eigenvalue weighted by Gasteiger charge is 2.30. The van der Waals surface area contributed by atoms with E-state index < -0.39 is 17.1 Å². The Morgan fingerprint density at radius 1 is 1.25 bits per heavy atom. The molecule has 0 unspecified atom stereocenters. The molecular weight excluding hydrogens is 309 g/mol. The monoisotopic (exact) mass is 329 g/mol. The zero-order valence-corrected chi connectivity index (χ0v) is 13.6. The van der Waals surface area contributed by atoms with E-state index in [0.717, 1.165) is 38.8 Å². The van der Waals surface area contributed by atoms with E-state index in [2.05, 4.69) is 4.98 Å². The highest BCUT2D eigenvalue weighted by molar-refractivity contribution is 5.93. The first kappa shape index (κ1) is 15.2. The van der Waals surface area contributed by atoms with E-state index in [-0.39, 0.29) is 11.4 Å². The van der Waals surface area contributed by atoms with Gasteiger partial charge in [-0.1, -0.05) is 12.2 Å². The first-order valence-corrected chi connectivity index (χ1v) is 8.50. The zero-order valence-electron chi connectivity index (χ0n) is 13.6. The average Bonchev–Trinajstić information content (AvgIpc) is 3.23. The van der Waals surface area contributed by atoms with Crippen LogP contribution in [0, 0.1) is 5.82 Å². The van der Waals surface area contributed by atoms with E-state index >= 15 is 0 Å². The minimum absolute atomic E-state index is 0.0951. The number of allylic oxidation sites excluding steroid dienone is 1. The second-order valence-corrected chi connectivity index (χ2v) is 6.57. The molecule has 2 fully saturated rings. The fourth-order valence-corrected chi connectivity index (χ4v) is 3.68. The smallest absolute Gasteiger partial charge is 0.329 e. The van der Waals surface area contributed by atoms with Crippen LogP contribution >= 0.6 is 0 Å². The van der Waals surface area contributed by atoms with Crippen molar-refractivity contribution in [3.63, 3.8) is 0 Å². The number of hydrogen-bond donors (Lipinski definition) is 1. The first-order valence-electron chi connectivity index (χ1n) is 8.50. The van der Waals surface area contributed by atoms with Crippen LogP contribution in [0.5, 0.6) is 0 Å². The fourth-order valence-electron chi connectivity index (χ4n) is 3.68. The van der Waals surface area contributed by atoms with Gasteiger partial charge in [0, 0.05) is 24.7 Å². The summed E-state index contributed by atoms with van der Waals surface area (Å²) >= 11 is 0. The van der Waals surface area contributed by atoms with E-state index in [0.29, 0.717) is 16.8 Å². The number of H-pyrrole nitrogens is 1. The van der Waals surface area contributed by atoms with Crippen LogP contribution in [0.1, 0.15) is 44.2 Å². The number of halogens is 1. The van der Waals surface area contributed by atoms with Crippen molar-refractivity contribution in [2.24, 2.45) is 0 Å². The third-order valence-electron chi connectivity index (χ3n) is 4.86. The lowest BCUT2D eigenvalue weighted by molar-refractivity contribution is 0.622. The second-order valence-electron chi connectivity index (χ2n) is 6.57. The lowest BCUT2D eigenvalue weighted by Gasteiger charge is -2.23. The molecule has 0 radical (unpaired) electrons. The summed E-state index contributed by atoms with van der Waals surface area (Å²) in [5, 5.41) is 0.245. The lowest BCUT2D eigenvalue weighted by Crippen LogP contribution is -2.31. The fraction of sp³-hybridized carbons (Fsp3) is 0.444. The van der Waals surface area contributed by atoms with Gasteiger partial charge in [0.15, 0.2) is 0 Å². The number of fused-ring (bicyclic) bond motifs is 1. The van der Waals surface area contributed by atoms with E-state index in [1.807, 2.05) is 24.0 Å². The Kier molecular flexibility index (Phi) is 3.55. The summed E-state index contributed by atoms with van der Waals surface area (Å²) in [6.45, 7) is 3.45. The zero-order chi connectivity index (χ0) is 16.8. The van der Waals surface area contributed by atoms with E-state index in [1.165, 1.54) is 6.07 Å². The Morgan fingerprint density at radius 2 is 1.96 bits per heavy atom. The van der Waals surface area contributed by atoms with Crippen molar-refractivity contribution in [1.82, 2.24) is 9.55 Å². The van der Waals surface area contributed by atoms with Gasteiger partial charge in [-0.2, -0.15) is 0 Å². The molecule has 6 heteroatoms. The minimum Gasteiger partial charge on any atom is -0.369 e. The Morgan fingerprint density at radius 3 is 2.58 bits per heavy atom. The summed E-state index contributed by atoms with van der Waals surface area (Å²) in [5.74, 6) is -0.399. The van der Waals surface area contributed by atoms with Gasteiger partial charge in [-0.3, -0.25) is 14.3 Å². The summed E-state index contributed by atoms with van der Waals surface area (Å²) in [5.41, 5.74) is 0.791. The number of nitrogens with zero attached hydrogens (tertiary/aromatic N) is 2. The van der Waals surface area contributed by atoms with Crippen LogP contribution in [0.3, 0.4) is 0 Å². The van der Waals surface area contributed by atoms with Crippen LogP contribution in [0.4, 0.5) is 10.1 Å². The van der Waals surface area contributed by atoms with Crippen molar-refractivity contribution >= 4 is 22.7 Å². The molecular formula is C18H20FN3O2. The molecule has 2 aliphatic rings. The molecule has 1 saturated carbocycles. The van der Waals surface area contributed by atoms with Crippen molar-refractivity contribution in [1.29, 1.82) is 0 Å². The van der Waals surface area contributed by atoms with Crippen LogP contribution in [-0.2, 0) is 0 Å². The molecule has 2 aromatic rings. The molecule has 0 atom stereocenters. The molecule has 5 nitrogen and oxygen atoms in total. The van der Waals surface area contributed by atoms with Gasteiger partial charge in [0.05, 0.1) is 16.6 Å². The van der Waals surface area contributed by atoms with Gasteiger partial charge in [-0.15, -0.1) is 0 Å². The standard InChI is InChI=1S/C18H20FN3O2/c1-2-5-12-15-13(10-14(19)16(12)21-8-3-4-9-21)17(23)20-18(24)22(15)11-6-7-11/h2,5,10-11H,3-4,6-9H2,1H3,(H,20,23,24)/b5-2-. The van der Waals surface area contributed by atoms with Crippen LogP contribution in [0.2, 0.25) is 0 Å². The number of aromatic amines is 1. The molecule has 2 heterocycles. The van der Waals surface area contributed by atoms with Gasteiger partial charge in [0.25, 0.3) is 5.56 Å². The molecule has 1 aromatic carbocycles. The quantitative estimate of drug-likeness (QED) is 0.942. The number of nitrogens with one attached hydrogen (secondary N) is 1. The molecule has 0 spiro atoms. The number of aromatic nitrogens is 2. The molecule has 0 bridgehead atoms. The molecule has 1 saturated heterocycles.